The van der Waals surface area contributed by atoms with E-state index < -0.39 is 17.9 Å². The van der Waals surface area contributed by atoms with Gasteiger partial charge in [-0.05, 0) is 24.1 Å². The Bertz CT molecular complexity index is 606. The maximum absolute atomic E-state index is 11.6. The van der Waals surface area contributed by atoms with Gasteiger partial charge >= 0.3 is 11.9 Å². The molecule has 0 aliphatic heterocycles. The summed E-state index contributed by atoms with van der Waals surface area (Å²) in [5.74, 6) is -2.21. The van der Waals surface area contributed by atoms with Gasteiger partial charge in [-0.25, -0.2) is 4.68 Å². The Morgan fingerprint density at radius 3 is 2.33 bits per heavy atom. The van der Waals surface area contributed by atoms with Crippen LogP contribution in [0.2, 0.25) is 0 Å². The summed E-state index contributed by atoms with van der Waals surface area (Å²) in [6.07, 6.45) is 3.58. The van der Waals surface area contributed by atoms with E-state index in [2.05, 4.69) is 14.6 Å². The number of rotatable bonds is 5. The molecule has 6 heteroatoms. The molecule has 0 aliphatic rings. The third-order valence-electron chi connectivity index (χ3n) is 3.07. The van der Waals surface area contributed by atoms with Crippen LogP contribution in [0.15, 0.2) is 42.7 Å². The van der Waals surface area contributed by atoms with Gasteiger partial charge in [-0.15, -0.1) is 0 Å². The normalized spacial score (nSPS) is 10.4. The number of para-hydroxylation sites is 1. The highest BCUT2D eigenvalue weighted by molar-refractivity contribution is 5.95. The van der Waals surface area contributed by atoms with Crippen LogP contribution < -0.4 is 0 Å². The lowest BCUT2D eigenvalue weighted by Gasteiger charge is -2.10. The van der Waals surface area contributed by atoms with Crippen LogP contribution in [0, 0.1) is 5.92 Å². The molecular weight excluding hydrogens is 272 g/mol. The van der Waals surface area contributed by atoms with Crippen LogP contribution in [-0.4, -0.2) is 35.9 Å². The van der Waals surface area contributed by atoms with Crippen LogP contribution in [-0.2, 0) is 25.5 Å². The molecule has 0 fully saturated rings. The van der Waals surface area contributed by atoms with Crippen molar-refractivity contribution in [1.82, 2.24) is 9.78 Å². The number of hydrogen-bond acceptors (Lipinski definition) is 5. The predicted octanol–water partition coefficient (Wildman–Crippen LogP) is 1.38. The summed E-state index contributed by atoms with van der Waals surface area (Å²) in [6, 6.07) is 9.55. The van der Waals surface area contributed by atoms with Crippen molar-refractivity contribution in [3.63, 3.8) is 0 Å². The molecule has 1 aromatic carbocycles. The van der Waals surface area contributed by atoms with Gasteiger partial charge in [-0.1, -0.05) is 18.2 Å². The fourth-order valence-electron chi connectivity index (χ4n) is 1.97. The van der Waals surface area contributed by atoms with E-state index >= 15 is 0 Å². The molecular formula is C15H16N2O4. The van der Waals surface area contributed by atoms with E-state index in [1.807, 2.05) is 30.3 Å². The van der Waals surface area contributed by atoms with Crippen LogP contribution in [0.4, 0.5) is 0 Å². The number of esters is 2. The van der Waals surface area contributed by atoms with Crippen LogP contribution >= 0.6 is 0 Å². The predicted molar refractivity (Wildman–Crippen MR) is 74.8 cm³/mol. The van der Waals surface area contributed by atoms with Gasteiger partial charge in [0, 0.05) is 6.20 Å². The zero-order valence-electron chi connectivity index (χ0n) is 11.9. The molecule has 0 atom stereocenters. The maximum atomic E-state index is 11.6. The lowest BCUT2D eigenvalue weighted by molar-refractivity contribution is -0.158. The summed E-state index contributed by atoms with van der Waals surface area (Å²) >= 11 is 0. The summed E-state index contributed by atoms with van der Waals surface area (Å²) in [5, 5.41) is 4.22. The van der Waals surface area contributed by atoms with Crippen molar-refractivity contribution < 1.29 is 19.1 Å². The zero-order valence-corrected chi connectivity index (χ0v) is 11.9. The number of carbonyl (C=O) groups is 2. The maximum Gasteiger partial charge on any atom is 0.320 e. The highest BCUT2D eigenvalue weighted by Gasteiger charge is 2.29. The molecule has 0 aliphatic carbocycles. The van der Waals surface area contributed by atoms with Crippen molar-refractivity contribution in [3.05, 3.63) is 48.3 Å². The van der Waals surface area contributed by atoms with Gasteiger partial charge in [0.15, 0.2) is 5.92 Å². The largest absolute Gasteiger partial charge is 0.468 e. The smallest absolute Gasteiger partial charge is 0.320 e. The number of methoxy groups -OCH3 is 2. The molecule has 2 aromatic rings. The van der Waals surface area contributed by atoms with Crippen molar-refractivity contribution >= 4 is 11.9 Å². The van der Waals surface area contributed by atoms with Gasteiger partial charge in [-0.2, -0.15) is 5.10 Å². The molecule has 1 aromatic heterocycles. The first-order valence-corrected chi connectivity index (χ1v) is 6.40. The van der Waals surface area contributed by atoms with Crippen LogP contribution in [0.5, 0.6) is 0 Å². The lowest BCUT2D eigenvalue weighted by atomic mass is 10.0. The Kier molecular flexibility index (Phi) is 4.71. The lowest BCUT2D eigenvalue weighted by Crippen LogP contribution is -2.28. The number of nitrogens with zero attached hydrogens (tertiary/aromatic N) is 2. The summed E-state index contributed by atoms with van der Waals surface area (Å²) < 4.78 is 10.9. The fraction of sp³-hybridized carbons (Fsp3) is 0.267. The quantitative estimate of drug-likeness (QED) is 0.614. The SMILES string of the molecule is COC(=O)C(Cc1cnn(-c2ccccc2)c1)C(=O)OC. The molecule has 21 heavy (non-hydrogen) atoms. The van der Waals surface area contributed by atoms with E-state index in [0.29, 0.717) is 0 Å². The molecule has 0 amide bonds. The van der Waals surface area contributed by atoms with Gasteiger partial charge in [0.1, 0.15) is 0 Å². The third kappa shape index (κ3) is 3.47. The van der Waals surface area contributed by atoms with E-state index in [1.165, 1.54) is 14.2 Å². The van der Waals surface area contributed by atoms with E-state index in [4.69, 9.17) is 0 Å². The highest BCUT2D eigenvalue weighted by Crippen LogP contribution is 2.14. The van der Waals surface area contributed by atoms with Crippen molar-refractivity contribution in [1.29, 1.82) is 0 Å². The van der Waals surface area contributed by atoms with Gasteiger partial charge < -0.3 is 9.47 Å². The van der Waals surface area contributed by atoms with Crippen LogP contribution in [0.3, 0.4) is 0 Å². The molecule has 0 unspecified atom stereocenters. The first-order chi connectivity index (χ1) is 10.2. The molecule has 0 spiro atoms. The molecule has 0 radical (unpaired) electrons. The second kappa shape index (κ2) is 6.69. The monoisotopic (exact) mass is 288 g/mol. The van der Waals surface area contributed by atoms with Crippen LogP contribution in [0.25, 0.3) is 5.69 Å². The second-order valence-corrected chi connectivity index (χ2v) is 4.43. The van der Waals surface area contributed by atoms with Gasteiger partial charge in [-0.3, -0.25) is 9.59 Å². The summed E-state index contributed by atoms with van der Waals surface area (Å²) in [6.45, 7) is 0. The minimum Gasteiger partial charge on any atom is -0.468 e. The number of ether oxygens (including phenoxy) is 2. The van der Waals surface area contributed by atoms with E-state index in [9.17, 15) is 9.59 Å². The second-order valence-electron chi connectivity index (χ2n) is 4.43. The van der Waals surface area contributed by atoms with Crippen molar-refractivity contribution in [3.8, 4) is 5.69 Å². The Labute approximate surface area is 122 Å². The number of benzene rings is 1. The van der Waals surface area contributed by atoms with Crippen LogP contribution in [0.1, 0.15) is 5.56 Å². The molecule has 0 N–H and O–H groups in total. The number of aromatic nitrogens is 2. The number of carbonyl (C=O) groups excluding carboxylic acids is 2. The van der Waals surface area contributed by atoms with Crippen molar-refractivity contribution in [2.75, 3.05) is 14.2 Å². The average Bonchev–Trinajstić information content (AvgIpc) is 3.00. The standard InChI is InChI=1S/C15H16N2O4/c1-20-14(18)13(15(19)21-2)8-11-9-16-17(10-11)12-6-4-3-5-7-12/h3-7,9-10,13H,8H2,1-2H3. The Morgan fingerprint density at radius 1 is 1.14 bits per heavy atom. The molecule has 1 heterocycles. The molecule has 2 rings (SSSR count). The van der Waals surface area contributed by atoms with Gasteiger partial charge in [0.25, 0.3) is 0 Å². The van der Waals surface area contributed by atoms with Gasteiger partial charge in [0.05, 0.1) is 26.1 Å². The molecule has 110 valence electrons. The zero-order chi connectivity index (χ0) is 15.2. The summed E-state index contributed by atoms with van der Waals surface area (Å²) in [7, 11) is 2.48. The Morgan fingerprint density at radius 2 is 1.76 bits per heavy atom. The third-order valence-corrected chi connectivity index (χ3v) is 3.07. The van der Waals surface area contributed by atoms with E-state index in [1.54, 1.807) is 17.1 Å². The first-order valence-electron chi connectivity index (χ1n) is 6.40. The Hall–Kier alpha value is -2.63. The van der Waals surface area contributed by atoms with E-state index in [0.717, 1.165) is 11.3 Å². The molecule has 6 nitrogen and oxygen atoms in total. The summed E-state index contributed by atoms with van der Waals surface area (Å²) in [5.41, 5.74) is 1.65. The van der Waals surface area contributed by atoms with Crippen molar-refractivity contribution in [2.45, 2.75) is 6.42 Å². The molecule has 0 saturated carbocycles. The summed E-state index contributed by atoms with van der Waals surface area (Å²) in [4.78, 5) is 23.3. The number of hydrogen-bond donors (Lipinski definition) is 0. The van der Waals surface area contributed by atoms with Crippen molar-refractivity contribution in [2.24, 2.45) is 5.92 Å². The minimum atomic E-state index is -0.978. The molecule has 0 saturated heterocycles. The van der Waals surface area contributed by atoms with Gasteiger partial charge in [0.2, 0.25) is 0 Å². The fourth-order valence-corrected chi connectivity index (χ4v) is 1.97. The molecule has 0 bridgehead atoms. The topological polar surface area (TPSA) is 70.4 Å². The average molecular weight is 288 g/mol. The minimum absolute atomic E-state index is 0.187. The first kappa shape index (κ1) is 14.8. The highest BCUT2D eigenvalue weighted by atomic mass is 16.5. The van der Waals surface area contributed by atoms with E-state index in [-0.39, 0.29) is 6.42 Å². The Balaban J connectivity index is 2.17.